The summed E-state index contributed by atoms with van der Waals surface area (Å²) >= 11 is 5.85. The van der Waals surface area contributed by atoms with Crippen molar-refractivity contribution in [3.63, 3.8) is 0 Å². The number of carbonyl (C=O) groups excluding carboxylic acids is 1. The molecule has 3 rings (SSSR count). The van der Waals surface area contributed by atoms with Crippen molar-refractivity contribution < 1.29 is 27.6 Å². The molecule has 1 amide bonds. The molecule has 0 aliphatic heterocycles. The Hall–Kier alpha value is -3.13. The van der Waals surface area contributed by atoms with Gasteiger partial charge >= 0.3 is 6.61 Å². The normalized spacial score (nSPS) is 10.8. The lowest BCUT2D eigenvalue weighted by Gasteiger charge is -2.11. The number of benzene rings is 2. The Balaban J connectivity index is 1.57. The van der Waals surface area contributed by atoms with Crippen LogP contribution in [0.1, 0.15) is 16.1 Å². The average Bonchev–Trinajstić information content (AvgIpc) is 3.19. The second-order valence-electron chi connectivity index (χ2n) is 5.95. The lowest BCUT2D eigenvalue weighted by Crippen LogP contribution is -2.25. The number of aromatic nitrogens is 1. The molecule has 0 bridgehead atoms. The third-order valence-electron chi connectivity index (χ3n) is 4.01. The highest BCUT2D eigenvalue weighted by Crippen LogP contribution is 2.29. The Labute approximate surface area is 170 Å². The molecule has 0 fully saturated rings. The van der Waals surface area contributed by atoms with Crippen molar-refractivity contribution in [2.45, 2.75) is 13.0 Å². The number of ether oxygens (including phenoxy) is 2. The van der Waals surface area contributed by atoms with Gasteiger partial charge in [0.2, 0.25) is 0 Å². The molecule has 6 nitrogen and oxygen atoms in total. The van der Waals surface area contributed by atoms with Crippen LogP contribution in [0.3, 0.4) is 0 Å². The number of alkyl halides is 2. The SMILES string of the molecule is COc1cc(CCNC(=O)c2cc(-c3ccc(Cl)cc3)on2)ccc1OC(F)F. The van der Waals surface area contributed by atoms with E-state index in [0.717, 1.165) is 11.1 Å². The smallest absolute Gasteiger partial charge is 0.387 e. The van der Waals surface area contributed by atoms with Crippen molar-refractivity contribution in [1.29, 1.82) is 0 Å². The predicted molar refractivity (Wildman–Crippen MR) is 103 cm³/mol. The summed E-state index contributed by atoms with van der Waals surface area (Å²) in [5.41, 5.74) is 1.68. The molecule has 1 heterocycles. The Morgan fingerprint density at radius 3 is 2.62 bits per heavy atom. The number of nitrogens with one attached hydrogen (secondary N) is 1. The van der Waals surface area contributed by atoms with Gasteiger partial charge in [0, 0.05) is 23.2 Å². The van der Waals surface area contributed by atoms with Gasteiger partial charge in [0.15, 0.2) is 23.0 Å². The first-order chi connectivity index (χ1) is 14.0. The number of hydrogen-bond donors (Lipinski definition) is 1. The summed E-state index contributed by atoms with van der Waals surface area (Å²) in [5.74, 6) is 0.204. The molecule has 0 aliphatic rings. The van der Waals surface area contributed by atoms with Crippen LogP contribution in [-0.4, -0.2) is 31.3 Å². The maximum atomic E-state index is 12.4. The molecule has 3 aromatic rings. The minimum Gasteiger partial charge on any atom is -0.493 e. The van der Waals surface area contributed by atoms with Crippen LogP contribution < -0.4 is 14.8 Å². The molecular weight excluding hydrogens is 406 g/mol. The van der Waals surface area contributed by atoms with Gasteiger partial charge in [-0.1, -0.05) is 22.8 Å². The fourth-order valence-electron chi connectivity index (χ4n) is 2.60. The Morgan fingerprint density at radius 2 is 1.93 bits per heavy atom. The van der Waals surface area contributed by atoms with Gasteiger partial charge in [-0.2, -0.15) is 8.78 Å². The number of rotatable bonds is 8. The summed E-state index contributed by atoms with van der Waals surface area (Å²) in [6.07, 6.45) is 0.457. The number of hydrogen-bond acceptors (Lipinski definition) is 5. The highest BCUT2D eigenvalue weighted by molar-refractivity contribution is 6.30. The second-order valence-corrected chi connectivity index (χ2v) is 6.39. The molecule has 0 unspecified atom stereocenters. The monoisotopic (exact) mass is 422 g/mol. The second kappa shape index (κ2) is 9.38. The van der Waals surface area contributed by atoms with Crippen molar-refractivity contribution in [3.8, 4) is 22.8 Å². The Bertz CT molecular complexity index is 977. The van der Waals surface area contributed by atoms with E-state index in [1.165, 1.54) is 19.2 Å². The van der Waals surface area contributed by atoms with E-state index < -0.39 is 12.5 Å². The zero-order valence-electron chi connectivity index (χ0n) is 15.3. The highest BCUT2D eigenvalue weighted by atomic mass is 35.5. The molecule has 29 heavy (non-hydrogen) atoms. The fraction of sp³-hybridized carbons (Fsp3) is 0.200. The van der Waals surface area contributed by atoms with Gasteiger partial charge in [0.1, 0.15) is 0 Å². The van der Waals surface area contributed by atoms with Crippen LogP contribution in [0.15, 0.2) is 53.1 Å². The molecule has 152 valence electrons. The summed E-state index contributed by atoms with van der Waals surface area (Å²) in [6, 6.07) is 13.1. The van der Waals surface area contributed by atoms with E-state index in [1.807, 2.05) is 0 Å². The summed E-state index contributed by atoms with van der Waals surface area (Å²) in [5, 5.41) is 7.10. The molecule has 0 aliphatic carbocycles. The molecule has 0 saturated heterocycles. The van der Waals surface area contributed by atoms with Crippen LogP contribution in [0.25, 0.3) is 11.3 Å². The minimum atomic E-state index is -2.94. The molecule has 9 heteroatoms. The van der Waals surface area contributed by atoms with Gasteiger partial charge in [-0.15, -0.1) is 0 Å². The van der Waals surface area contributed by atoms with E-state index >= 15 is 0 Å². The topological polar surface area (TPSA) is 73.6 Å². The molecule has 1 N–H and O–H groups in total. The molecule has 0 spiro atoms. The summed E-state index contributed by atoms with van der Waals surface area (Å²) in [7, 11) is 1.36. The maximum absolute atomic E-state index is 12.4. The predicted octanol–water partition coefficient (Wildman–Crippen LogP) is 4.58. The number of amides is 1. The molecule has 0 atom stereocenters. The van der Waals surface area contributed by atoms with Crippen LogP contribution >= 0.6 is 11.6 Å². The minimum absolute atomic E-state index is 0.0485. The van der Waals surface area contributed by atoms with Gasteiger partial charge < -0.3 is 19.3 Å². The van der Waals surface area contributed by atoms with Crippen LogP contribution in [-0.2, 0) is 6.42 Å². The third-order valence-corrected chi connectivity index (χ3v) is 4.27. The van der Waals surface area contributed by atoms with Crippen LogP contribution in [0, 0.1) is 0 Å². The van der Waals surface area contributed by atoms with E-state index in [2.05, 4.69) is 15.2 Å². The van der Waals surface area contributed by atoms with Crippen molar-refractivity contribution >= 4 is 17.5 Å². The first kappa shape index (κ1) is 20.6. The van der Waals surface area contributed by atoms with Crippen LogP contribution in [0.4, 0.5) is 8.78 Å². The van der Waals surface area contributed by atoms with Gasteiger partial charge in [0.25, 0.3) is 5.91 Å². The number of methoxy groups -OCH3 is 1. The van der Waals surface area contributed by atoms with Crippen LogP contribution in [0.2, 0.25) is 5.02 Å². The Morgan fingerprint density at radius 1 is 1.17 bits per heavy atom. The van der Waals surface area contributed by atoms with Crippen LogP contribution in [0.5, 0.6) is 11.5 Å². The van der Waals surface area contributed by atoms with Crippen molar-refractivity contribution in [2.24, 2.45) is 0 Å². The summed E-state index contributed by atoms with van der Waals surface area (Å²) in [4.78, 5) is 12.2. The zero-order chi connectivity index (χ0) is 20.8. The van der Waals surface area contributed by atoms with Gasteiger partial charge in [0.05, 0.1) is 7.11 Å². The van der Waals surface area contributed by atoms with E-state index in [-0.39, 0.29) is 17.2 Å². The third kappa shape index (κ3) is 5.45. The average molecular weight is 423 g/mol. The van der Waals surface area contributed by atoms with Gasteiger partial charge in [-0.05, 0) is 48.4 Å². The standard InChI is InChI=1S/C20H17ClF2N2O4/c1-27-18-10-12(2-7-16(18)28-20(22)23)8-9-24-19(26)15-11-17(29-25-15)13-3-5-14(21)6-4-13/h2-7,10-11,20H,8-9H2,1H3,(H,24,26). The number of halogens is 3. The van der Waals surface area contributed by atoms with E-state index in [9.17, 15) is 13.6 Å². The largest absolute Gasteiger partial charge is 0.493 e. The number of nitrogens with zero attached hydrogens (tertiary/aromatic N) is 1. The van der Waals surface area contributed by atoms with Gasteiger partial charge in [-0.3, -0.25) is 4.79 Å². The van der Waals surface area contributed by atoms with Crippen molar-refractivity contribution in [3.05, 3.63) is 64.8 Å². The fourth-order valence-corrected chi connectivity index (χ4v) is 2.73. The molecule has 0 radical (unpaired) electrons. The van der Waals surface area contributed by atoms with Gasteiger partial charge in [-0.25, -0.2) is 0 Å². The quantitative estimate of drug-likeness (QED) is 0.575. The van der Waals surface area contributed by atoms with E-state index in [4.69, 9.17) is 20.9 Å². The number of carbonyl (C=O) groups is 1. The Kier molecular flexibility index (Phi) is 6.66. The summed E-state index contributed by atoms with van der Waals surface area (Å²) < 4.78 is 39.4. The van der Waals surface area contributed by atoms with E-state index in [0.29, 0.717) is 23.7 Å². The van der Waals surface area contributed by atoms with Crippen molar-refractivity contribution in [1.82, 2.24) is 10.5 Å². The van der Waals surface area contributed by atoms with E-state index in [1.54, 1.807) is 36.4 Å². The zero-order valence-corrected chi connectivity index (χ0v) is 16.1. The maximum Gasteiger partial charge on any atom is 0.387 e. The first-order valence-electron chi connectivity index (χ1n) is 8.59. The molecular formula is C20H17ClF2N2O4. The first-order valence-corrected chi connectivity index (χ1v) is 8.96. The summed E-state index contributed by atoms with van der Waals surface area (Å²) in [6.45, 7) is -2.63. The van der Waals surface area contributed by atoms with Crippen molar-refractivity contribution in [2.75, 3.05) is 13.7 Å². The molecule has 0 saturated carbocycles. The molecule has 2 aromatic carbocycles. The lowest BCUT2D eigenvalue weighted by atomic mass is 10.1. The lowest BCUT2D eigenvalue weighted by molar-refractivity contribution is -0.0512. The molecule has 1 aromatic heterocycles. The highest BCUT2D eigenvalue weighted by Gasteiger charge is 2.14.